The summed E-state index contributed by atoms with van der Waals surface area (Å²) >= 11 is 3.64. The second-order valence-electron chi connectivity index (χ2n) is 6.15. The molecule has 0 bridgehead atoms. The molecule has 2 fully saturated rings. The minimum Gasteiger partial charge on any atom is -0.370 e. The van der Waals surface area contributed by atoms with Gasteiger partial charge in [0.25, 0.3) is 0 Å². The number of nitrogens with zero attached hydrogens (tertiary/aromatic N) is 1. The van der Waals surface area contributed by atoms with Crippen LogP contribution in [0.3, 0.4) is 0 Å². The molecule has 0 N–H and O–H groups in total. The van der Waals surface area contributed by atoms with Crippen molar-refractivity contribution in [3.63, 3.8) is 0 Å². The normalized spacial score (nSPS) is 22.7. The van der Waals surface area contributed by atoms with Crippen molar-refractivity contribution in [2.75, 3.05) is 18.0 Å². The summed E-state index contributed by atoms with van der Waals surface area (Å²) in [5.74, 6) is 0. The van der Waals surface area contributed by atoms with E-state index in [9.17, 15) is 0 Å². The molecule has 1 spiro atoms. The van der Waals surface area contributed by atoms with E-state index in [-0.39, 0.29) is 0 Å². The zero-order valence-corrected chi connectivity index (χ0v) is 12.8. The van der Waals surface area contributed by atoms with E-state index in [0.717, 1.165) is 0 Å². The van der Waals surface area contributed by atoms with Gasteiger partial charge in [0.2, 0.25) is 0 Å². The van der Waals surface area contributed by atoms with E-state index in [4.69, 9.17) is 0 Å². The number of anilines is 1. The first-order valence-electron chi connectivity index (χ1n) is 7.20. The Bertz CT molecular complexity index is 425. The first-order valence-corrected chi connectivity index (χ1v) is 8.00. The minimum absolute atomic E-state index is 0.658. The third-order valence-corrected chi connectivity index (χ3v) is 5.66. The Morgan fingerprint density at radius 3 is 2.39 bits per heavy atom. The maximum absolute atomic E-state index is 3.64. The number of hydrogen-bond acceptors (Lipinski definition) is 1. The average Bonchev–Trinajstić information content (AvgIpc) is 2.57. The Hall–Kier alpha value is -0.500. The van der Waals surface area contributed by atoms with Gasteiger partial charge in [-0.3, -0.25) is 0 Å². The molecule has 1 aromatic carbocycles. The first kappa shape index (κ1) is 12.5. The number of benzene rings is 1. The van der Waals surface area contributed by atoms with Crippen LogP contribution in [0.5, 0.6) is 0 Å². The molecule has 1 saturated heterocycles. The molecule has 2 heteroatoms. The first-order chi connectivity index (χ1) is 8.70. The van der Waals surface area contributed by atoms with Crippen LogP contribution >= 0.6 is 15.9 Å². The zero-order chi connectivity index (χ0) is 12.6. The highest BCUT2D eigenvalue weighted by atomic mass is 79.9. The maximum Gasteiger partial charge on any atom is 0.0407 e. The van der Waals surface area contributed by atoms with Crippen molar-refractivity contribution in [1.82, 2.24) is 0 Å². The van der Waals surface area contributed by atoms with E-state index >= 15 is 0 Å². The molecule has 1 heterocycles. The molecule has 1 saturated carbocycles. The monoisotopic (exact) mass is 307 g/mol. The number of halogens is 1. The fourth-order valence-electron chi connectivity index (χ4n) is 3.67. The van der Waals surface area contributed by atoms with Gasteiger partial charge >= 0.3 is 0 Å². The lowest BCUT2D eigenvalue weighted by Gasteiger charge is -2.52. The van der Waals surface area contributed by atoms with Gasteiger partial charge < -0.3 is 4.90 Å². The van der Waals surface area contributed by atoms with Gasteiger partial charge in [0.15, 0.2) is 0 Å². The fourth-order valence-corrected chi connectivity index (χ4v) is 4.02. The molecule has 0 amide bonds. The number of hydrogen-bond donors (Lipinski definition) is 0. The summed E-state index contributed by atoms with van der Waals surface area (Å²) in [7, 11) is 0. The largest absolute Gasteiger partial charge is 0.370 e. The molecule has 0 aromatic heterocycles. The summed E-state index contributed by atoms with van der Waals surface area (Å²) < 4.78 is 1.24. The van der Waals surface area contributed by atoms with Crippen molar-refractivity contribution in [1.29, 1.82) is 0 Å². The highest BCUT2D eigenvalue weighted by Gasteiger charge is 2.42. The van der Waals surface area contributed by atoms with Crippen LogP contribution in [0, 0.1) is 12.3 Å². The number of rotatable bonds is 1. The van der Waals surface area contributed by atoms with Crippen molar-refractivity contribution in [3.8, 4) is 0 Å². The van der Waals surface area contributed by atoms with Crippen molar-refractivity contribution in [2.24, 2.45) is 5.41 Å². The molecule has 1 aliphatic carbocycles. The molecule has 1 nitrogen and oxygen atoms in total. The van der Waals surface area contributed by atoms with Crippen LogP contribution in [0.4, 0.5) is 5.69 Å². The fraction of sp³-hybridized carbons (Fsp3) is 0.625. The molecular weight excluding hydrogens is 286 g/mol. The highest BCUT2D eigenvalue weighted by molar-refractivity contribution is 9.10. The quantitative estimate of drug-likeness (QED) is 0.712. The third-order valence-electron chi connectivity index (χ3n) is 4.80. The smallest absolute Gasteiger partial charge is 0.0407 e. The minimum atomic E-state index is 0.658. The molecule has 2 aliphatic rings. The van der Waals surface area contributed by atoms with Crippen LogP contribution in [0.25, 0.3) is 0 Å². The lowest BCUT2D eigenvalue weighted by Crippen LogP contribution is -2.56. The van der Waals surface area contributed by atoms with Gasteiger partial charge in [-0.05, 0) is 37.5 Å². The molecule has 1 aliphatic heterocycles. The molecule has 0 unspecified atom stereocenters. The van der Waals surface area contributed by atoms with Gasteiger partial charge in [0.1, 0.15) is 0 Å². The van der Waals surface area contributed by atoms with Gasteiger partial charge in [0, 0.05) is 28.7 Å². The van der Waals surface area contributed by atoms with Crippen molar-refractivity contribution in [2.45, 2.75) is 45.4 Å². The summed E-state index contributed by atoms with van der Waals surface area (Å²) in [5.41, 5.74) is 3.48. The van der Waals surface area contributed by atoms with Crippen molar-refractivity contribution >= 4 is 21.6 Å². The van der Waals surface area contributed by atoms with E-state index in [2.05, 4.69) is 46.0 Å². The van der Waals surface area contributed by atoms with Crippen LogP contribution < -0.4 is 4.90 Å². The Labute approximate surface area is 119 Å². The molecule has 3 rings (SSSR count). The van der Waals surface area contributed by atoms with Crippen molar-refractivity contribution in [3.05, 3.63) is 28.2 Å². The molecule has 0 radical (unpaired) electrons. The molecule has 98 valence electrons. The van der Waals surface area contributed by atoms with E-state index in [1.807, 2.05) is 0 Å². The maximum atomic E-state index is 3.64. The molecule has 18 heavy (non-hydrogen) atoms. The van der Waals surface area contributed by atoms with Gasteiger partial charge in [-0.1, -0.05) is 47.7 Å². The highest BCUT2D eigenvalue weighted by Crippen LogP contribution is 2.45. The van der Waals surface area contributed by atoms with E-state index in [1.165, 1.54) is 67.3 Å². The summed E-state index contributed by atoms with van der Waals surface area (Å²) in [5, 5.41) is 0. The standard InChI is InChI=1S/C16H22BrN/c1-13-14(17)7-6-8-15(13)18-11-16(12-18)9-4-2-3-5-10-16/h6-8H,2-5,9-12H2,1H3. The Balaban J connectivity index is 1.72. The lowest BCUT2D eigenvalue weighted by atomic mass is 9.73. The van der Waals surface area contributed by atoms with Gasteiger partial charge in [-0.25, -0.2) is 0 Å². The van der Waals surface area contributed by atoms with Gasteiger partial charge in [-0.2, -0.15) is 0 Å². The van der Waals surface area contributed by atoms with E-state index in [0.29, 0.717) is 5.41 Å². The van der Waals surface area contributed by atoms with Crippen LogP contribution in [-0.2, 0) is 0 Å². The van der Waals surface area contributed by atoms with Gasteiger partial charge in [0.05, 0.1) is 0 Å². The Morgan fingerprint density at radius 2 is 1.72 bits per heavy atom. The summed E-state index contributed by atoms with van der Waals surface area (Å²) in [6.45, 7) is 4.78. The Morgan fingerprint density at radius 1 is 1.06 bits per heavy atom. The predicted octanol–water partition coefficient (Wildman–Crippen LogP) is 4.92. The molecule has 0 atom stereocenters. The van der Waals surface area contributed by atoms with Crippen LogP contribution in [0.2, 0.25) is 0 Å². The average molecular weight is 308 g/mol. The molecular formula is C16H22BrN. The SMILES string of the molecule is Cc1c(Br)cccc1N1CC2(CCCCCC2)C1. The van der Waals surface area contributed by atoms with Crippen LogP contribution in [-0.4, -0.2) is 13.1 Å². The molecule has 1 aromatic rings. The summed E-state index contributed by atoms with van der Waals surface area (Å²) in [6, 6.07) is 6.56. The lowest BCUT2D eigenvalue weighted by molar-refractivity contribution is 0.180. The summed E-state index contributed by atoms with van der Waals surface area (Å²) in [4.78, 5) is 2.57. The van der Waals surface area contributed by atoms with E-state index < -0.39 is 0 Å². The second kappa shape index (κ2) is 4.88. The second-order valence-corrected chi connectivity index (χ2v) is 7.01. The van der Waals surface area contributed by atoms with Gasteiger partial charge in [-0.15, -0.1) is 0 Å². The van der Waals surface area contributed by atoms with Crippen molar-refractivity contribution < 1.29 is 0 Å². The van der Waals surface area contributed by atoms with Crippen LogP contribution in [0.1, 0.15) is 44.1 Å². The third kappa shape index (κ3) is 2.20. The predicted molar refractivity (Wildman–Crippen MR) is 81.2 cm³/mol. The zero-order valence-electron chi connectivity index (χ0n) is 11.2. The summed E-state index contributed by atoms with van der Waals surface area (Å²) in [6.07, 6.45) is 8.72. The topological polar surface area (TPSA) is 3.24 Å². The van der Waals surface area contributed by atoms with Crippen LogP contribution in [0.15, 0.2) is 22.7 Å². The Kier molecular flexibility index (Phi) is 3.40. The van der Waals surface area contributed by atoms with E-state index in [1.54, 1.807) is 0 Å².